The van der Waals surface area contributed by atoms with Crippen molar-refractivity contribution in [3.8, 4) is 5.75 Å². The van der Waals surface area contributed by atoms with E-state index in [0.29, 0.717) is 36.8 Å². The number of sulfonamides is 1. The number of likely N-dealkylation sites (N-methyl/N-ethyl adjacent to an activating group) is 1. The lowest BCUT2D eigenvalue weighted by Gasteiger charge is -2.43. The van der Waals surface area contributed by atoms with E-state index in [-0.39, 0.29) is 30.4 Å². The molecule has 2 aliphatic rings. The third kappa shape index (κ3) is 6.36. The summed E-state index contributed by atoms with van der Waals surface area (Å²) in [5.41, 5.74) is 0.278. The summed E-state index contributed by atoms with van der Waals surface area (Å²) in [6.45, 7) is 5.88. The third-order valence-electron chi connectivity index (χ3n) is 6.99. The van der Waals surface area contributed by atoms with Crippen LogP contribution in [0.15, 0.2) is 53.4 Å². The predicted molar refractivity (Wildman–Crippen MR) is 137 cm³/mol. The highest BCUT2D eigenvalue weighted by Gasteiger charge is 2.43. The van der Waals surface area contributed by atoms with Gasteiger partial charge in [0.25, 0.3) is 0 Å². The van der Waals surface area contributed by atoms with Gasteiger partial charge in [-0.05, 0) is 68.8 Å². The third-order valence-corrected chi connectivity index (χ3v) is 9.09. The van der Waals surface area contributed by atoms with Gasteiger partial charge >= 0.3 is 0 Å². The lowest BCUT2D eigenvalue weighted by Crippen LogP contribution is -2.53. The lowest BCUT2D eigenvalue weighted by atomic mass is 9.78. The summed E-state index contributed by atoms with van der Waals surface area (Å²) >= 11 is 6.01. The van der Waals surface area contributed by atoms with Crippen LogP contribution in [0.2, 0.25) is 5.02 Å². The van der Waals surface area contributed by atoms with E-state index in [1.165, 1.54) is 4.31 Å². The van der Waals surface area contributed by atoms with Crippen LogP contribution in [0.4, 0.5) is 0 Å². The number of rotatable bonds is 7. The molecule has 190 valence electrons. The van der Waals surface area contributed by atoms with Gasteiger partial charge in [0.2, 0.25) is 15.9 Å². The lowest BCUT2D eigenvalue weighted by molar-refractivity contribution is -0.136. The molecule has 2 aliphatic heterocycles. The number of aryl methyl sites for hydroxylation is 1. The van der Waals surface area contributed by atoms with Crippen LogP contribution in [0.5, 0.6) is 5.75 Å². The molecule has 1 amide bonds. The van der Waals surface area contributed by atoms with Crippen LogP contribution in [-0.2, 0) is 14.8 Å². The number of amides is 1. The topological polar surface area (TPSA) is 70.2 Å². The van der Waals surface area contributed by atoms with E-state index in [1.54, 1.807) is 42.5 Å². The van der Waals surface area contributed by atoms with Gasteiger partial charge in [0, 0.05) is 56.1 Å². The first-order chi connectivity index (χ1) is 16.7. The zero-order valence-corrected chi connectivity index (χ0v) is 22.0. The second-order valence-corrected chi connectivity index (χ2v) is 12.2. The zero-order valence-electron chi connectivity index (χ0n) is 20.5. The van der Waals surface area contributed by atoms with E-state index in [9.17, 15) is 13.2 Å². The summed E-state index contributed by atoms with van der Waals surface area (Å²) in [5, 5.41) is 0.616. The Morgan fingerprint density at radius 1 is 1.06 bits per heavy atom. The highest BCUT2D eigenvalue weighted by Crippen LogP contribution is 2.37. The molecule has 0 saturated carbocycles. The number of hydrogen-bond acceptors (Lipinski definition) is 5. The fraction of sp³-hybridized carbons (Fsp3) is 0.500. The molecule has 2 aromatic rings. The van der Waals surface area contributed by atoms with Crippen LogP contribution in [0.1, 0.15) is 24.8 Å². The van der Waals surface area contributed by atoms with Crippen LogP contribution in [0, 0.1) is 12.3 Å². The number of piperidine rings is 1. The normalized spacial score (nSPS) is 22.2. The Balaban J connectivity index is 1.57. The Morgan fingerprint density at radius 3 is 2.46 bits per heavy atom. The molecule has 35 heavy (non-hydrogen) atoms. The highest BCUT2D eigenvalue weighted by atomic mass is 35.5. The van der Waals surface area contributed by atoms with Crippen molar-refractivity contribution >= 4 is 27.5 Å². The molecule has 2 fully saturated rings. The minimum atomic E-state index is -3.68. The first-order valence-corrected chi connectivity index (χ1v) is 13.9. The van der Waals surface area contributed by atoms with Crippen molar-refractivity contribution in [2.45, 2.75) is 31.1 Å². The number of carbonyl (C=O) groups excluding carboxylic acids is 1. The van der Waals surface area contributed by atoms with Gasteiger partial charge < -0.3 is 14.5 Å². The summed E-state index contributed by atoms with van der Waals surface area (Å²) in [4.78, 5) is 17.8. The van der Waals surface area contributed by atoms with E-state index in [2.05, 4.69) is 11.9 Å². The maximum Gasteiger partial charge on any atom is 0.243 e. The molecule has 1 atom stereocenters. The number of hydrogen-bond donors (Lipinski definition) is 0. The zero-order chi connectivity index (χ0) is 25.1. The molecule has 0 unspecified atom stereocenters. The molecule has 2 heterocycles. The van der Waals surface area contributed by atoms with Crippen molar-refractivity contribution in [1.29, 1.82) is 0 Å². The Kier molecular flexibility index (Phi) is 8.06. The van der Waals surface area contributed by atoms with Crippen LogP contribution < -0.4 is 4.74 Å². The van der Waals surface area contributed by atoms with E-state index in [1.807, 2.05) is 17.9 Å². The van der Waals surface area contributed by atoms with Crippen molar-refractivity contribution in [2.24, 2.45) is 5.41 Å². The van der Waals surface area contributed by atoms with Gasteiger partial charge in [-0.3, -0.25) is 4.79 Å². The Morgan fingerprint density at radius 2 is 1.77 bits per heavy atom. The summed E-state index contributed by atoms with van der Waals surface area (Å²) in [6, 6.07) is 14.1. The molecule has 9 heteroatoms. The van der Waals surface area contributed by atoms with E-state index < -0.39 is 15.4 Å². The van der Waals surface area contributed by atoms with Gasteiger partial charge in [-0.15, -0.1) is 0 Å². The Labute approximate surface area is 213 Å². The minimum absolute atomic E-state index is 0.0626. The summed E-state index contributed by atoms with van der Waals surface area (Å²) in [5.74, 6) is 0.715. The number of benzene rings is 2. The van der Waals surface area contributed by atoms with Crippen molar-refractivity contribution in [3.63, 3.8) is 0 Å². The first kappa shape index (κ1) is 25.9. The highest BCUT2D eigenvalue weighted by molar-refractivity contribution is 7.89. The van der Waals surface area contributed by atoms with E-state index in [0.717, 1.165) is 25.1 Å². The molecule has 7 nitrogen and oxygen atoms in total. The minimum Gasteiger partial charge on any atom is -0.493 e. The molecule has 2 saturated heterocycles. The van der Waals surface area contributed by atoms with Gasteiger partial charge in [0.15, 0.2) is 0 Å². The second kappa shape index (κ2) is 10.9. The van der Waals surface area contributed by atoms with Gasteiger partial charge in [-0.1, -0.05) is 23.7 Å². The van der Waals surface area contributed by atoms with Crippen LogP contribution >= 0.6 is 11.6 Å². The molecular formula is C26H34ClN3O4S. The second-order valence-electron chi connectivity index (χ2n) is 9.86. The van der Waals surface area contributed by atoms with Crippen molar-refractivity contribution in [2.75, 3.05) is 52.9 Å². The number of nitrogens with zero attached hydrogens (tertiary/aromatic N) is 3. The molecule has 0 aliphatic carbocycles. The summed E-state index contributed by atoms with van der Waals surface area (Å²) in [7, 11) is -1.63. The van der Waals surface area contributed by atoms with Crippen molar-refractivity contribution in [3.05, 3.63) is 59.1 Å². The van der Waals surface area contributed by atoms with Gasteiger partial charge in [-0.25, -0.2) is 8.42 Å². The van der Waals surface area contributed by atoms with Gasteiger partial charge in [-0.2, -0.15) is 4.31 Å². The Hall–Kier alpha value is -2.13. The number of ether oxygens (including phenoxy) is 1. The van der Waals surface area contributed by atoms with Crippen molar-refractivity contribution in [1.82, 2.24) is 14.1 Å². The predicted octanol–water partition coefficient (Wildman–Crippen LogP) is 3.66. The molecule has 0 spiro atoms. The maximum atomic E-state index is 13.5. The Bertz CT molecular complexity index is 1130. The van der Waals surface area contributed by atoms with Crippen molar-refractivity contribution < 1.29 is 17.9 Å². The molecule has 0 bridgehead atoms. The number of piperazine rings is 1. The molecule has 2 aromatic carbocycles. The standard InChI is InChI=1S/C26H34ClN3O4S/c1-21-5-3-6-24(17-21)35(32,33)30-12-4-11-26(19-30,20-34-23-9-7-22(27)8-10-23)18-25(31)29-15-13-28(2)14-16-29/h3,5-10,17H,4,11-16,18-20H2,1-2H3/t26-/m1/s1. The van der Waals surface area contributed by atoms with Gasteiger partial charge in [0.05, 0.1) is 11.5 Å². The number of carbonyl (C=O) groups is 1. The fourth-order valence-electron chi connectivity index (χ4n) is 4.86. The molecular weight excluding hydrogens is 486 g/mol. The quantitative estimate of drug-likeness (QED) is 0.558. The smallest absolute Gasteiger partial charge is 0.243 e. The monoisotopic (exact) mass is 519 g/mol. The molecule has 0 N–H and O–H groups in total. The van der Waals surface area contributed by atoms with Gasteiger partial charge in [0.1, 0.15) is 5.75 Å². The van der Waals surface area contributed by atoms with Crippen LogP contribution in [-0.4, -0.2) is 81.4 Å². The molecule has 0 radical (unpaired) electrons. The maximum absolute atomic E-state index is 13.5. The average Bonchev–Trinajstić information content (AvgIpc) is 2.84. The molecule has 4 rings (SSSR count). The largest absolute Gasteiger partial charge is 0.493 e. The van der Waals surface area contributed by atoms with E-state index >= 15 is 0 Å². The molecule has 0 aromatic heterocycles. The summed E-state index contributed by atoms with van der Waals surface area (Å²) in [6.07, 6.45) is 1.65. The fourth-order valence-corrected chi connectivity index (χ4v) is 6.68. The van der Waals surface area contributed by atoms with Crippen LogP contribution in [0.25, 0.3) is 0 Å². The average molecular weight is 520 g/mol. The van der Waals surface area contributed by atoms with Crippen LogP contribution in [0.3, 0.4) is 0 Å². The summed E-state index contributed by atoms with van der Waals surface area (Å²) < 4.78 is 34.7. The SMILES string of the molecule is Cc1cccc(S(=O)(=O)N2CCC[C@@](COc3ccc(Cl)cc3)(CC(=O)N3CCN(C)CC3)C2)c1. The first-order valence-electron chi connectivity index (χ1n) is 12.1. The van der Waals surface area contributed by atoms with E-state index in [4.69, 9.17) is 16.3 Å². The number of halogens is 1.